The van der Waals surface area contributed by atoms with Gasteiger partial charge in [-0.15, -0.1) is 0 Å². The van der Waals surface area contributed by atoms with E-state index in [2.05, 4.69) is 30.9 Å². The number of halogens is 2. The van der Waals surface area contributed by atoms with Gasteiger partial charge in [-0.2, -0.15) is 0 Å². The molecule has 5 heteroatoms. The predicted octanol–water partition coefficient (Wildman–Crippen LogP) is 5.57. The van der Waals surface area contributed by atoms with E-state index in [0.717, 1.165) is 26.3 Å². The van der Waals surface area contributed by atoms with Crippen molar-refractivity contribution >= 4 is 0 Å². The van der Waals surface area contributed by atoms with Crippen molar-refractivity contribution in [1.82, 2.24) is 4.90 Å². The summed E-state index contributed by atoms with van der Waals surface area (Å²) in [5.41, 5.74) is 3.07. The van der Waals surface area contributed by atoms with Crippen LogP contribution in [0.25, 0.3) is 0 Å². The minimum absolute atomic E-state index is 0.335. The van der Waals surface area contributed by atoms with Crippen LogP contribution < -0.4 is 0 Å². The third kappa shape index (κ3) is 5.15. The summed E-state index contributed by atoms with van der Waals surface area (Å²) in [6, 6.07) is 0. The molecule has 0 spiro atoms. The molecule has 1 heterocycles. The third-order valence-corrected chi connectivity index (χ3v) is 9.37. The molecule has 4 fully saturated rings. The number of likely N-dealkylation sites (tertiary alicyclic amines) is 1. The number of allylic oxidation sites excluding steroid dienone is 3. The topological polar surface area (TPSA) is 43.7 Å². The molecule has 4 aliphatic rings. The van der Waals surface area contributed by atoms with Gasteiger partial charge in [-0.05, 0) is 94.4 Å². The first-order chi connectivity index (χ1) is 15.1. The van der Waals surface area contributed by atoms with Crippen LogP contribution in [0.1, 0.15) is 78.6 Å². The van der Waals surface area contributed by atoms with E-state index in [0.29, 0.717) is 55.5 Å². The Morgan fingerprint density at radius 3 is 2.50 bits per heavy atom. The SMILES string of the molecule is CC(CCN1CC(C(C)(F)F)C1)[C@H]1CC[C@H]2/C(=C/C=C3C[C@@H](O)C[C@H](O)C3)CCC[C@]12C. The number of fused-ring (bicyclic) bond motifs is 1. The minimum atomic E-state index is -2.54. The highest BCUT2D eigenvalue weighted by Crippen LogP contribution is 2.59. The molecule has 0 aromatic rings. The second-order valence-electron chi connectivity index (χ2n) is 11.8. The summed E-state index contributed by atoms with van der Waals surface area (Å²) in [5, 5.41) is 20.0. The fourth-order valence-corrected chi connectivity index (χ4v) is 7.41. The molecule has 0 radical (unpaired) electrons. The Bertz CT molecular complexity index is 712. The fraction of sp³-hybridized carbons (Fsp3) is 0.852. The van der Waals surface area contributed by atoms with Gasteiger partial charge in [0.1, 0.15) is 0 Å². The molecule has 4 rings (SSSR count). The standard InChI is InChI=1S/C27H43F2NO2/c1-18(10-12-30-16-21(17-30)27(3,28)29)24-8-9-25-20(5-4-11-26(24,25)2)7-6-19-13-22(31)15-23(32)14-19/h6-7,18,21-25,31-32H,4-5,8-17H2,1-3H3/b20-7+/t18?,22-,23-,24-,25+,26-/m1/s1. The van der Waals surface area contributed by atoms with Crippen molar-refractivity contribution in [3.63, 3.8) is 0 Å². The van der Waals surface area contributed by atoms with Gasteiger partial charge in [-0.1, -0.05) is 37.1 Å². The van der Waals surface area contributed by atoms with E-state index in [1.54, 1.807) is 5.57 Å². The number of rotatable bonds is 6. The van der Waals surface area contributed by atoms with Crippen LogP contribution in [0.5, 0.6) is 0 Å². The maximum absolute atomic E-state index is 13.4. The van der Waals surface area contributed by atoms with Gasteiger partial charge >= 0.3 is 0 Å². The van der Waals surface area contributed by atoms with Gasteiger partial charge in [0.05, 0.1) is 12.2 Å². The second kappa shape index (κ2) is 9.46. The summed E-state index contributed by atoms with van der Waals surface area (Å²) in [7, 11) is 0. The Labute approximate surface area is 193 Å². The fourth-order valence-electron chi connectivity index (χ4n) is 7.41. The van der Waals surface area contributed by atoms with Crippen molar-refractivity contribution in [1.29, 1.82) is 0 Å². The molecule has 182 valence electrons. The number of alkyl halides is 2. The van der Waals surface area contributed by atoms with Crippen molar-refractivity contribution in [3.8, 4) is 0 Å². The molecule has 32 heavy (non-hydrogen) atoms. The normalized spacial score (nSPS) is 39.1. The quantitative estimate of drug-likeness (QED) is 0.554. The highest BCUT2D eigenvalue weighted by Gasteiger charge is 2.50. The second-order valence-corrected chi connectivity index (χ2v) is 11.8. The third-order valence-electron chi connectivity index (χ3n) is 9.37. The van der Waals surface area contributed by atoms with Crippen LogP contribution in [-0.2, 0) is 0 Å². The monoisotopic (exact) mass is 451 g/mol. The maximum atomic E-state index is 13.4. The summed E-state index contributed by atoms with van der Waals surface area (Å²) < 4.78 is 26.8. The van der Waals surface area contributed by atoms with Crippen LogP contribution in [0.15, 0.2) is 23.3 Å². The molecule has 3 nitrogen and oxygen atoms in total. The lowest BCUT2D eigenvalue weighted by atomic mass is 9.61. The zero-order chi connectivity index (χ0) is 23.1. The molecule has 1 unspecified atom stereocenters. The van der Waals surface area contributed by atoms with E-state index in [1.165, 1.54) is 31.3 Å². The summed E-state index contributed by atoms with van der Waals surface area (Å²) in [6.07, 6.45) is 12.8. The van der Waals surface area contributed by atoms with Gasteiger partial charge in [0.15, 0.2) is 0 Å². The minimum Gasteiger partial charge on any atom is -0.393 e. The Morgan fingerprint density at radius 2 is 1.84 bits per heavy atom. The van der Waals surface area contributed by atoms with Crippen LogP contribution in [0.2, 0.25) is 0 Å². The summed E-state index contributed by atoms with van der Waals surface area (Å²) in [5.74, 6) is -1.05. The first-order valence-electron chi connectivity index (χ1n) is 12.9. The van der Waals surface area contributed by atoms with E-state index in [-0.39, 0.29) is 0 Å². The Morgan fingerprint density at radius 1 is 1.16 bits per heavy atom. The van der Waals surface area contributed by atoms with Crippen LogP contribution >= 0.6 is 0 Å². The Balaban J connectivity index is 1.35. The van der Waals surface area contributed by atoms with Gasteiger partial charge in [-0.25, -0.2) is 8.78 Å². The lowest BCUT2D eigenvalue weighted by Gasteiger charge is -2.46. The van der Waals surface area contributed by atoms with E-state index >= 15 is 0 Å². The van der Waals surface area contributed by atoms with E-state index in [1.807, 2.05) is 0 Å². The zero-order valence-electron chi connectivity index (χ0n) is 20.2. The summed E-state index contributed by atoms with van der Waals surface area (Å²) >= 11 is 0. The Kier molecular flexibility index (Phi) is 7.20. The molecule has 3 saturated carbocycles. The van der Waals surface area contributed by atoms with Gasteiger partial charge < -0.3 is 15.1 Å². The molecule has 1 saturated heterocycles. The molecule has 2 N–H and O–H groups in total. The highest BCUT2D eigenvalue weighted by atomic mass is 19.3. The average Bonchev–Trinajstić information content (AvgIpc) is 3.00. The van der Waals surface area contributed by atoms with Crippen molar-refractivity contribution in [2.45, 2.75) is 96.7 Å². The van der Waals surface area contributed by atoms with Crippen molar-refractivity contribution < 1.29 is 19.0 Å². The lowest BCUT2D eigenvalue weighted by molar-refractivity contribution is -0.104. The highest BCUT2D eigenvalue weighted by molar-refractivity contribution is 5.26. The molecule has 3 aliphatic carbocycles. The first-order valence-corrected chi connectivity index (χ1v) is 12.9. The number of aliphatic hydroxyl groups is 2. The van der Waals surface area contributed by atoms with E-state index in [9.17, 15) is 19.0 Å². The first kappa shape index (κ1) is 24.3. The van der Waals surface area contributed by atoms with Crippen molar-refractivity contribution in [2.75, 3.05) is 19.6 Å². The molecule has 0 amide bonds. The zero-order valence-corrected chi connectivity index (χ0v) is 20.2. The summed E-state index contributed by atoms with van der Waals surface area (Å²) in [6.45, 7) is 7.98. The van der Waals surface area contributed by atoms with Gasteiger partial charge in [-0.3, -0.25) is 0 Å². The summed E-state index contributed by atoms with van der Waals surface area (Å²) in [4.78, 5) is 2.21. The van der Waals surface area contributed by atoms with E-state index < -0.39 is 24.0 Å². The maximum Gasteiger partial charge on any atom is 0.250 e. The molecule has 6 atom stereocenters. The molecule has 0 aromatic carbocycles. The smallest absolute Gasteiger partial charge is 0.250 e. The number of hydrogen-bond donors (Lipinski definition) is 2. The van der Waals surface area contributed by atoms with Crippen LogP contribution in [0.4, 0.5) is 8.78 Å². The Hall–Kier alpha value is -0.780. The molecular formula is C27H43F2NO2. The average molecular weight is 452 g/mol. The molecular weight excluding hydrogens is 408 g/mol. The molecule has 0 aromatic heterocycles. The predicted molar refractivity (Wildman–Crippen MR) is 125 cm³/mol. The lowest BCUT2D eigenvalue weighted by Crippen LogP contribution is -2.54. The van der Waals surface area contributed by atoms with Crippen LogP contribution in [-0.4, -0.2) is 52.9 Å². The van der Waals surface area contributed by atoms with Gasteiger partial charge in [0, 0.05) is 19.0 Å². The number of hydrogen-bond acceptors (Lipinski definition) is 3. The van der Waals surface area contributed by atoms with Gasteiger partial charge in [0.2, 0.25) is 0 Å². The van der Waals surface area contributed by atoms with E-state index in [4.69, 9.17) is 0 Å². The number of nitrogens with zero attached hydrogens (tertiary/aromatic N) is 1. The molecule has 0 bridgehead atoms. The van der Waals surface area contributed by atoms with Gasteiger partial charge in [0.25, 0.3) is 5.92 Å². The number of aliphatic hydroxyl groups excluding tert-OH is 2. The van der Waals surface area contributed by atoms with Crippen molar-refractivity contribution in [3.05, 3.63) is 23.3 Å². The van der Waals surface area contributed by atoms with Crippen molar-refractivity contribution in [2.24, 2.45) is 29.1 Å². The van der Waals surface area contributed by atoms with Crippen LogP contribution in [0.3, 0.4) is 0 Å². The van der Waals surface area contributed by atoms with Crippen LogP contribution in [0, 0.1) is 29.1 Å². The largest absolute Gasteiger partial charge is 0.393 e. The molecule has 1 aliphatic heterocycles.